The topological polar surface area (TPSA) is 60.8 Å². The van der Waals surface area contributed by atoms with Crippen LogP contribution in [0.25, 0.3) is 0 Å². The largest absolute Gasteiger partial charge is 0.508 e. The summed E-state index contributed by atoms with van der Waals surface area (Å²) >= 11 is 1.74. The maximum absolute atomic E-state index is 13.0. The molecule has 110 valence electrons. The Hall–Kier alpha value is -1.27. The van der Waals surface area contributed by atoms with Gasteiger partial charge in [-0.05, 0) is 13.0 Å². The number of nitrogens with zero attached hydrogens (tertiary/aromatic N) is 1. The molecule has 2 unspecified atom stereocenters. The standard InChI is InChI=1S/C14H18FNO3S/c1-9(12-3-2-10(15)6-13(12)17)16-4-5-20-8-11(16)7-14(18)19/h2-3,6,9,11,17H,4-5,7-8H2,1H3,(H,18,19). The monoisotopic (exact) mass is 299 g/mol. The zero-order valence-electron chi connectivity index (χ0n) is 11.3. The summed E-state index contributed by atoms with van der Waals surface area (Å²) in [5, 5.41) is 18.9. The van der Waals surface area contributed by atoms with E-state index in [0.717, 1.165) is 24.1 Å². The van der Waals surface area contributed by atoms with Crippen molar-refractivity contribution in [1.82, 2.24) is 4.90 Å². The number of rotatable bonds is 4. The summed E-state index contributed by atoms with van der Waals surface area (Å²) in [5.74, 6) is 0.318. The summed E-state index contributed by atoms with van der Waals surface area (Å²) in [4.78, 5) is 13.0. The van der Waals surface area contributed by atoms with Gasteiger partial charge in [-0.1, -0.05) is 6.07 Å². The van der Waals surface area contributed by atoms with Gasteiger partial charge in [0, 0.05) is 41.8 Å². The molecule has 0 amide bonds. The first-order valence-corrected chi connectivity index (χ1v) is 7.68. The van der Waals surface area contributed by atoms with Gasteiger partial charge < -0.3 is 10.2 Å². The summed E-state index contributed by atoms with van der Waals surface area (Å²) in [6, 6.07) is 3.77. The van der Waals surface area contributed by atoms with Crippen molar-refractivity contribution in [3.63, 3.8) is 0 Å². The third-order valence-electron chi connectivity index (χ3n) is 3.62. The molecule has 1 heterocycles. The van der Waals surface area contributed by atoms with Gasteiger partial charge in [-0.25, -0.2) is 4.39 Å². The molecule has 2 rings (SSSR count). The molecule has 6 heteroatoms. The van der Waals surface area contributed by atoms with E-state index >= 15 is 0 Å². The van der Waals surface area contributed by atoms with Crippen molar-refractivity contribution in [2.45, 2.75) is 25.4 Å². The van der Waals surface area contributed by atoms with E-state index in [1.807, 2.05) is 6.92 Å². The third-order valence-corrected chi connectivity index (χ3v) is 4.72. The number of aromatic hydroxyl groups is 1. The third kappa shape index (κ3) is 3.43. The zero-order valence-corrected chi connectivity index (χ0v) is 12.1. The molecule has 0 saturated carbocycles. The second-order valence-electron chi connectivity index (χ2n) is 4.94. The number of phenolic OH excluding ortho intramolecular Hbond substituents is 1. The van der Waals surface area contributed by atoms with E-state index in [0.29, 0.717) is 5.56 Å². The van der Waals surface area contributed by atoms with E-state index in [2.05, 4.69) is 4.90 Å². The van der Waals surface area contributed by atoms with Gasteiger partial charge in [-0.15, -0.1) is 0 Å². The highest BCUT2D eigenvalue weighted by Crippen LogP contribution is 2.33. The summed E-state index contributed by atoms with van der Waals surface area (Å²) in [6.07, 6.45) is 0.0826. The van der Waals surface area contributed by atoms with Crippen LogP contribution in [0.15, 0.2) is 18.2 Å². The Balaban J connectivity index is 2.20. The molecule has 0 aromatic heterocycles. The lowest BCUT2D eigenvalue weighted by molar-refractivity contribution is -0.138. The molecule has 0 radical (unpaired) electrons. The van der Waals surface area contributed by atoms with E-state index in [1.165, 1.54) is 6.07 Å². The van der Waals surface area contributed by atoms with E-state index in [9.17, 15) is 14.3 Å². The summed E-state index contributed by atoms with van der Waals surface area (Å²) in [7, 11) is 0. The van der Waals surface area contributed by atoms with Gasteiger partial charge in [0.15, 0.2) is 0 Å². The van der Waals surface area contributed by atoms with Gasteiger partial charge in [-0.3, -0.25) is 9.69 Å². The molecular formula is C14H18FNO3S. The number of carboxylic acid groups (broad SMARTS) is 1. The lowest BCUT2D eigenvalue weighted by Gasteiger charge is -2.39. The fraction of sp³-hybridized carbons (Fsp3) is 0.500. The molecular weight excluding hydrogens is 281 g/mol. The number of aliphatic carboxylic acids is 1. The Morgan fingerprint density at radius 1 is 1.60 bits per heavy atom. The fourth-order valence-electron chi connectivity index (χ4n) is 2.60. The van der Waals surface area contributed by atoms with Crippen molar-refractivity contribution in [2.75, 3.05) is 18.1 Å². The Labute approximate surface area is 121 Å². The normalized spacial score (nSPS) is 21.6. The minimum absolute atomic E-state index is 0.0642. The summed E-state index contributed by atoms with van der Waals surface area (Å²) < 4.78 is 13.0. The quantitative estimate of drug-likeness (QED) is 0.894. The first-order chi connectivity index (χ1) is 9.49. The van der Waals surface area contributed by atoms with Gasteiger partial charge in [-0.2, -0.15) is 11.8 Å². The molecule has 1 aliphatic heterocycles. The molecule has 1 aliphatic rings. The predicted octanol–water partition coefficient (Wildman–Crippen LogP) is 2.48. The van der Waals surface area contributed by atoms with Gasteiger partial charge in [0.1, 0.15) is 11.6 Å². The molecule has 0 aliphatic carbocycles. The van der Waals surface area contributed by atoms with E-state index in [1.54, 1.807) is 17.8 Å². The minimum atomic E-state index is -0.821. The Bertz CT molecular complexity index is 497. The molecule has 20 heavy (non-hydrogen) atoms. The summed E-state index contributed by atoms with van der Waals surface area (Å²) in [6.45, 7) is 2.68. The van der Waals surface area contributed by atoms with Gasteiger partial charge in [0.25, 0.3) is 0 Å². The molecule has 1 saturated heterocycles. The minimum Gasteiger partial charge on any atom is -0.508 e. The van der Waals surface area contributed by atoms with Crippen molar-refractivity contribution in [2.24, 2.45) is 0 Å². The van der Waals surface area contributed by atoms with Crippen LogP contribution in [0.2, 0.25) is 0 Å². The van der Waals surface area contributed by atoms with Crippen molar-refractivity contribution < 1.29 is 19.4 Å². The van der Waals surface area contributed by atoms with Crippen molar-refractivity contribution in [3.8, 4) is 5.75 Å². The van der Waals surface area contributed by atoms with Crippen LogP contribution in [0.4, 0.5) is 4.39 Å². The molecule has 1 aromatic rings. The molecule has 1 fully saturated rings. The van der Waals surface area contributed by atoms with Crippen LogP contribution in [0, 0.1) is 5.82 Å². The molecule has 0 spiro atoms. The predicted molar refractivity (Wildman–Crippen MR) is 76.6 cm³/mol. The van der Waals surface area contributed by atoms with Gasteiger partial charge in [0.05, 0.1) is 6.42 Å². The molecule has 2 atom stereocenters. The number of hydrogen-bond acceptors (Lipinski definition) is 4. The van der Waals surface area contributed by atoms with Crippen LogP contribution in [0.1, 0.15) is 24.9 Å². The van der Waals surface area contributed by atoms with Crippen LogP contribution >= 0.6 is 11.8 Å². The molecule has 1 aromatic carbocycles. The number of phenols is 1. The van der Waals surface area contributed by atoms with E-state index in [-0.39, 0.29) is 24.3 Å². The Kier molecular flexibility index (Phi) is 4.88. The molecule has 2 N–H and O–H groups in total. The number of carboxylic acids is 1. The highest BCUT2D eigenvalue weighted by molar-refractivity contribution is 7.99. The Morgan fingerprint density at radius 3 is 3.00 bits per heavy atom. The number of hydrogen-bond donors (Lipinski definition) is 2. The van der Waals surface area contributed by atoms with Crippen molar-refractivity contribution in [1.29, 1.82) is 0 Å². The second kappa shape index (κ2) is 6.45. The lowest BCUT2D eigenvalue weighted by atomic mass is 10.0. The molecule has 0 bridgehead atoms. The van der Waals surface area contributed by atoms with E-state index < -0.39 is 11.8 Å². The first kappa shape index (κ1) is 15.1. The number of benzene rings is 1. The Morgan fingerprint density at radius 2 is 2.35 bits per heavy atom. The van der Waals surface area contributed by atoms with Gasteiger partial charge >= 0.3 is 5.97 Å². The summed E-state index contributed by atoms with van der Waals surface area (Å²) in [5.41, 5.74) is 0.633. The number of thioether (sulfide) groups is 1. The maximum Gasteiger partial charge on any atom is 0.304 e. The highest BCUT2D eigenvalue weighted by atomic mass is 32.2. The van der Waals surface area contributed by atoms with Crippen LogP contribution in [0.5, 0.6) is 5.75 Å². The van der Waals surface area contributed by atoms with E-state index in [4.69, 9.17) is 5.11 Å². The number of halogens is 1. The van der Waals surface area contributed by atoms with Crippen LogP contribution in [-0.4, -0.2) is 45.2 Å². The van der Waals surface area contributed by atoms with Crippen molar-refractivity contribution >= 4 is 17.7 Å². The van der Waals surface area contributed by atoms with Crippen molar-refractivity contribution in [3.05, 3.63) is 29.6 Å². The average Bonchev–Trinajstić information content (AvgIpc) is 2.38. The fourth-order valence-corrected chi connectivity index (χ4v) is 3.69. The SMILES string of the molecule is CC(c1ccc(F)cc1O)N1CCSCC1CC(=O)O. The van der Waals surface area contributed by atoms with Crippen LogP contribution < -0.4 is 0 Å². The molecule has 4 nitrogen and oxygen atoms in total. The smallest absolute Gasteiger partial charge is 0.304 e. The zero-order chi connectivity index (χ0) is 14.7. The lowest BCUT2D eigenvalue weighted by Crippen LogP contribution is -2.44. The average molecular weight is 299 g/mol. The van der Waals surface area contributed by atoms with Crippen LogP contribution in [0.3, 0.4) is 0 Å². The highest BCUT2D eigenvalue weighted by Gasteiger charge is 2.30. The van der Waals surface area contributed by atoms with Crippen LogP contribution in [-0.2, 0) is 4.79 Å². The first-order valence-electron chi connectivity index (χ1n) is 6.52. The second-order valence-corrected chi connectivity index (χ2v) is 6.09. The van der Waals surface area contributed by atoms with Gasteiger partial charge in [0.2, 0.25) is 0 Å². The number of carbonyl (C=O) groups is 1. The maximum atomic E-state index is 13.0.